The van der Waals surface area contributed by atoms with Gasteiger partial charge in [0.25, 0.3) is 0 Å². The van der Waals surface area contributed by atoms with E-state index < -0.39 is 12.7 Å². The van der Waals surface area contributed by atoms with E-state index in [0.29, 0.717) is 25.0 Å². The number of guanidine groups is 1. The fraction of sp³-hybridized carbons (Fsp3) is 0.950. The highest BCUT2D eigenvalue weighted by atomic mass is 19.4. The minimum Gasteiger partial charge on any atom is -0.356 e. The van der Waals surface area contributed by atoms with Crippen LogP contribution in [0.4, 0.5) is 13.2 Å². The van der Waals surface area contributed by atoms with Gasteiger partial charge in [-0.25, -0.2) is 0 Å². The third-order valence-electron chi connectivity index (χ3n) is 5.57. The summed E-state index contributed by atoms with van der Waals surface area (Å²) in [5.74, 6) is 1.30. The quantitative estimate of drug-likeness (QED) is 0.407. The number of likely N-dealkylation sites (tertiary alicyclic amines) is 1. The van der Waals surface area contributed by atoms with Gasteiger partial charge in [-0.15, -0.1) is 0 Å². The molecule has 8 heteroatoms. The number of piperidine rings is 1. The summed E-state index contributed by atoms with van der Waals surface area (Å²) in [6.45, 7) is 11.0. The van der Waals surface area contributed by atoms with Crippen LogP contribution in [-0.2, 0) is 0 Å². The van der Waals surface area contributed by atoms with Crippen molar-refractivity contribution < 1.29 is 13.2 Å². The van der Waals surface area contributed by atoms with Gasteiger partial charge in [-0.1, -0.05) is 13.8 Å². The number of nitrogens with one attached hydrogen (secondary N) is 2. The lowest BCUT2D eigenvalue weighted by Crippen LogP contribution is -2.44. The first-order valence-electron chi connectivity index (χ1n) is 10.8. The second-order valence-electron chi connectivity index (χ2n) is 7.84. The maximum absolute atomic E-state index is 12.5. The van der Waals surface area contributed by atoms with Crippen LogP contribution >= 0.6 is 0 Å². The number of hydrogen-bond donors (Lipinski definition) is 2. The molecular formula is C20H40F3N5. The number of rotatable bonds is 11. The molecule has 0 radical (unpaired) electrons. The van der Waals surface area contributed by atoms with Gasteiger partial charge in [0, 0.05) is 19.6 Å². The molecule has 28 heavy (non-hydrogen) atoms. The third kappa shape index (κ3) is 11.1. The molecule has 1 saturated heterocycles. The SMILES string of the molecule is CCN(CC)CCCC(C)NC(=NC)NCCC1CCN(CC(F)(F)F)CC1. The van der Waals surface area contributed by atoms with E-state index in [1.54, 1.807) is 7.05 Å². The number of alkyl halides is 3. The van der Waals surface area contributed by atoms with Crippen molar-refractivity contribution in [3.05, 3.63) is 0 Å². The molecule has 0 aromatic rings. The highest BCUT2D eigenvalue weighted by Crippen LogP contribution is 2.23. The van der Waals surface area contributed by atoms with Crippen LogP contribution in [-0.4, -0.2) is 80.8 Å². The standard InChI is InChI=1S/C20H40F3N5/c1-5-27(6-2)13-7-8-17(3)26-19(24-4)25-12-9-18-10-14-28(15-11-18)16-20(21,22)23/h17-18H,5-16H2,1-4H3,(H2,24,25,26). The zero-order valence-electron chi connectivity index (χ0n) is 18.1. The summed E-state index contributed by atoms with van der Waals surface area (Å²) >= 11 is 0. The van der Waals surface area contributed by atoms with E-state index in [-0.39, 0.29) is 0 Å². The molecular weight excluding hydrogens is 367 g/mol. The van der Waals surface area contributed by atoms with Gasteiger partial charge in [0.2, 0.25) is 0 Å². The van der Waals surface area contributed by atoms with Crippen LogP contribution in [0.2, 0.25) is 0 Å². The number of nitrogens with zero attached hydrogens (tertiary/aromatic N) is 3. The largest absolute Gasteiger partial charge is 0.401 e. The van der Waals surface area contributed by atoms with E-state index in [9.17, 15) is 13.2 Å². The van der Waals surface area contributed by atoms with E-state index in [0.717, 1.165) is 64.2 Å². The fourth-order valence-electron chi connectivity index (χ4n) is 3.74. The smallest absolute Gasteiger partial charge is 0.356 e. The molecule has 1 aliphatic rings. The van der Waals surface area contributed by atoms with Gasteiger partial charge in [0.1, 0.15) is 0 Å². The molecule has 0 spiro atoms. The Hall–Kier alpha value is -1.02. The predicted octanol–water partition coefficient (Wildman–Crippen LogP) is 3.33. The van der Waals surface area contributed by atoms with E-state index in [2.05, 4.69) is 41.3 Å². The van der Waals surface area contributed by atoms with E-state index >= 15 is 0 Å². The molecule has 1 unspecified atom stereocenters. The highest BCUT2D eigenvalue weighted by Gasteiger charge is 2.32. The molecule has 1 aliphatic heterocycles. The van der Waals surface area contributed by atoms with Crippen molar-refractivity contribution in [2.45, 2.75) is 65.1 Å². The lowest BCUT2D eigenvalue weighted by Gasteiger charge is -2.32. The van der Waals surface area contributed by atoms with E-state index in [4.69, 9.17) is 0 Å². The van der Waals surface area contributed by atoms with Crippen molar-refractivity contribution >= 4 is 5.96 Å². The average molecular weight is 408 g/mol. The Morgan fingerprint density at radius 1 is 1.21 bits per heavy atom. The molecule has 2 N–H and O–H groups in total. The normalized spacial score (nSPS) is 18.5. The molecule has 0 aromatic heterocycles. The fourth-order valence-corrected chi connectivity index (χ4v) is 3.74. The Morgan fingerprint density at radius 3 is 2.39 bits per heavy atom. The first kappa shape index (κ1) is 25.0. The topological polar surface area (TPSA) is 42.9 Å². The molecule has 0 aromatic carbocycles. The second-order valence-corrected chi connectivity index (χ2v) is 7.84. The molecule has 166 valence electrons. The second kappa shape index (κ2) is 13.2. The van der Waals surface area contributed by atoms with Crippen LogP contribution in [0.15, 0.2) is 4.99 Å². The van der Waals surface area contributed by atoms with Gasteiger partial charge in [-0.2, -0.15) is 13.2 Å². The monoisotopic (exact) mass is 407 g/mol. The van der Waals surface area contributed by atoms with Crippen LogP contribution in [0, 0.1) is 5.92 Å². The Morgan fingerprint density at radius 2 is 1.86 bits per heavy atom. The first-order chi connectivity index (χ1) is 13.3. The third-order valence-corrected chi connectivity index (χ3v) is 5.57. The lowest BCUT2D eigenvalue weighted by atomic mass is 9.93. The Labute approximate surface area is 169 Å². The predicted molar refractivity (Wildman–Crippen MR) is 111 cm³/mol. The van der Waals surface area contributed by atoms with Crippen molar-refractivity contribution in [2.24, 2.45) is 10.9 Å². The molecule has 1 rings (SSSR count). The summed E-state index contributed by atoms with van der Waals surface area (Å²) in [6, 6.07) is 0.354. The summed E-state index contributed by atoms with van der Waals surface area (Å²) in [4.78, 5) is 8.24. The maximum atomic E-state index is 12.5. The average Bonchev–Trinajstić information content (AvgIpc) is 2.64. The Bertz CT molecular complexity index is 430. The van der Waals surface area contributed by atoms with Gasteiger partial charge in [0.05, 0.1) is 6.54 Å². The molecule has 0 saturated carbocycles. The highest BCUT2D eigenvalue weighted by molar-refractivity contribution is 5.79. The number of hydrogen-bond acceptors (Lipinski definition) is 3. The molecule has 0 aliphatic carbocycles. The molecule has 0 bridgehead atoms. The van der Waals surface area contributed by atoms with Crippen LogP contribution in [0.5, 0.6) is 0 Å². The van der Waals surface area contributed by atoms with Crippen LogP contribution in [0.25, 0.3) is 0 Å². The minimum absolute atomic E-state index is 0.354. The summed E-state index contributed by atoms with van der Waals surface area (Å²) in [6.07, 6.45) is 0.806. The zero-order chi connectivity index (χ0) is 21.0. The minimum atomic E-state index is -4.09. The van der Waals surface area contributed by atoms with E-state index in [1.807, 2.05) is 0 Å². The molecule has 1 atom stereocenters. The van der Waals surface area contributed by atoms with Crippen molar-refractivity contribution in [3.8, 4) is 0 Å². The number of aliphatic imine (C=N–C) groups is 1. The molecule has 1 fully saturated rings. The Balaban J connectivity index is 2.18. The van der Waals surface area contributed by atoms with Gasteiger partial charge in [-0.3, -0.25) is 9.89 Å². The van der Waals surface area contributed by atoms with Crippen molar-refractivity contribution in [2.75, 3.05) is 52.9 Å². The first-order valence-corrected chi connectivity index (χ1v) is 10.8. The summed E-state index contributed by atoms with van der Waals surface area (Å²) in [7, 11) is 1.77. The summed E-state index contributed by atoms with van der Waals surface area (Å²) in [5, 5.41) is 6.79. The zero-order valence-corrected chi connectivity index (χ0v) is 18.1. The molecule has 0 amide bonds. The van der Waals surface area contributed by atoms with Crippen LogP contribution in [0.1, 0.15) is 52.9 Å². The molecule has 1 heterocycles. The van der Waals surface area contributed by atoms with Gasteiger partial charge >= 0.3 is 6.18 Å². The lowest BCUT2D eigenvalue weighted by molar-refractivity contribution is -0.148. The van der Waals surface area contributed by atoms with Crippen LogP contribution < -0.4 is 10.6 Å². The summed E-state index contributed by atoms with van der Waals surface area (Å²) in [5.41, 5.74) is 0. The van der Waals surface area contributed by atoms with Crippen molar-refractivity contribution in [3.63, 3.8) is 0 Å². The van der Waals surface area contributed by atoms with Gasteiger partial charge in [0.15, 0.2) is 5.96 Å². The van der Waals surface area contributed by atoms with Gasteiger partial charge < -0.3 is 15.5 Å². The van der Waals surface area contributed by atoms with Gasteiger partial charge in [-0.05, 0) is 77.7 Å². The molecule has 5 nitrogen and oxygen atoms in total. The van der Waals surface area contributed by atoms with Crippen LogP contribution in [0.3, 0.4) is 0 Å². The van der Waals surface area contributed by atoms with E-state index in [1.165, 1.54) is 4.90 Å². The maximum Gasteiger partial charge on any atom is 0.401 e. The van der Waals surface area contributed by atoms with Crippen molar-refractivity contribution in [1.82, 2.24) is 20.4 Å². The number of halogens is 3. The van der Waals surface area contributed by atoms with Crippen molar-refractivity contribution in [1.29, 1.82) is 0 Å². The summed E-state index contributed by atoms with van der Waals surface area (Å²) < 4.78 is 37.4. The Kier molecular flexibility index (Phi) is 11.8.